The molecule has 5 nitrogen and oxygen atoms in total. The molecule has 2 aliphatic heterocycles. The maximum absolute atomic E-state index is 11.9. The normalized spacial score (nSPS) is 22.1. The molecule has 0 aliphatic carbocycles. The Morgan fingerprint density at radius 2 is 1.61 bits per heavy atom. The van der Waals surface area contributed by atoms with Gasteiger partial charge in [-0.15, -0.1) is 0 Å². The van der Waals surface area contributed by atoms with Crippen molar-refractivity contribution < 1.29 is 14.3 Å². The number of rotatable bonds is 5. The van der Waals surface area contributed by atoms with Crippen LogP contribution in [0.4, 0.5) is 0 Å². The highest BCUT2D eigenvalue weighted by Gasteiger charge is 2.16. The summed E-state index contributed by atoms with van der Waals surface area (Å²) in [7, 11) is 0. The molecule has 0 spiro atoms. The third-order valence-electron chi connectivity index (χ3n) is 3.24. The Labute approximate surface area is 113 Å². The topological polar surface area (TPSA) is 42.0 Å². The van der Waals surface area contributed by atoms with Crippen molar-refractivity contribution in [2.45, 2.75) is 0 Å². The number of carbonyl (C=O) groups is 1. The summed E-state index contributed by atoms with van der Waals surface area (Å²) >= 11 is 1.73. The molecule has 104 valence electrons. The second kappa shape index (κ2) is 7.99. The summed E-state index contributed by atoms with van der Waals surface area (Å²) in [5.74, 6) is 1.88. The largest absolute Gasteiger partial charge is 0.379 e. The summed E-state index contributed by atoms with van der Waals surface area (Å²) in [4.78, 5) is 16.2. The number of hydrogen-bond acceptors (Lipinski definition) is 5. The van der Waals surface area contributed by atoms with Gasteiger partial charge in [0.2, 0.25) is 5.91 Å². The Morgan fingerprint density at radius 1 is 1.00 bits per heavy atom. The molecule has 2 aliphatic rings. The molecular formula is C12H22N2O3S. The number of morpholine rings is 2. The lowest BCUT2D eigenvalue weighted by Crippen LogP contribution is -2.42. The Hall–Kier alpha value is -0.300. The van der Waals surface area contributed by atoms with Gasteiger partial charge in [0, 0.05) is 38.5 Å². The molecule has 2 fully saturated rings. The van der Waals surface area contributed by atoms with Gasteiger partial charge >= 0.3 is 0 Å². The van der Waals surface area contributed by atoms with Crippen LogP contribution in [0.15, 0.2) is 0 Å². The first-order valence-corrected chi connectivity index (χ1v) is 7.75. The Bertz CT molecular complexity index is 254. The SMILES string of the molecule is O=C(CSCCN1CCOCC1)N1CCOCC1. The molecule has 0 bridgehead atoms. The maximum Gasteiger partial charge on any atom is 0.232 e. The molecule has 0 unspecified atom stereocenters. The average molecular weight is 274 g/mol. The van der Waals surface area contributed by atoms with Gasteiger partial charge in [0.05, 0.1) is 32.2 Å². The van der Waals surface area contributed by atoms with Crippen LogP contribution in [0.3, 0.4) is 0 Å². The van der Waals surface area contributed by atoms with Gasteiger partial charge < -0.3 is 14.4 Å². The Morgan fingerprint density at radius 3 is 2.28 bits per heavy atom. The summed E-state index contributed by atoms with van der Waals surface area (Å²) in [5.41, 5.74) is 0. The van der Waals surface area contributed by atoms with Crippen LogP contribution in [0, 0.1) is 0 Å². The van der Waals surface area contributed by atoms with Gasteiger partial charge in [0.25, 0.3) is 0 Å². The zero-order chi connectivity index (χ0) is 12.6. The minimum Gasteiger partial charge on any atom is -0.379 e. The van der Waals surface area contributed by atoms with Gasteiger partial charge in [0.1, 0.15) is 0 Å². The van der Waals surface area contributed by atoms with Crippen LogP contribution in [0.1, 0.15) is 0 Å². The molecule has 0 radical (unpaired) electrons. The monoisotopic (exact) mass is 274 g/mol. The molecule has 0 atom stereocenters. The summed E-state index contributed by atoms with van der Waals surface area (Å²) in [5, 5.41) is 0. The molecule has 0 N–H and O–H groups in total. The van der Waals surface area contributed by atoms with E-state index in [0.717, 1.165) is 51.7 Å². The van der Waals surface area contributed by atoms with Crippen LogP contribution in [0.5, 0.6) is 0 Å². The van der Waals surface area contributed by atoms with Gasteiger partial charge in [-0.1, -0.05) is 0 Å². The number of ether oxygens (including phenoxy) is 2. The molecule has 0 aromatic carbocycles. The fraction of sp³-hybridized carbons (Fsp3) is 0.917. The fourth-order valence-electron chi connectivity index (χ4n) is 2.08. The number of carbonyl (C=O) groups excluding carboxylic acids is 1. The lowest BCUT2D eigenvalue weighted by molar-refractivity contribution is -0.132. The summed E-state index contributed by atoms with van der Waals surface area (Å²) < 4.78 is 10.5. The molecule has 18 heavy (non-hydrogen) atoms. The van der Waals surface area contributed by atoms with Crippen LogP contribution < -0.4 is 0 Å². The Kier molecular flexibility index (Phi) is 6.26. The highest BCUT2D eigenvalue weighted by Crippen LogP contribution is 2.06. The minimum absolute atomic E-state index is 0.255. The molecule has 0 aromatic rings. The quantitative estimate of drug-likeness (QED) is 0.656. The molecule has 0 saturated carbocycles. The molecule has 0 aromatic heterocycles. The van der Waals surface area contributed by atoms with E-state index >= 15 is 0 Å². The average Bonchev–Trinajstić information content (AvgIpc) is 2.45. The molecule has 2 heterocycles. The van der Waals surface area contributed by atoms with Gasteiger partial charge in [0.15, 0.2) is 0 Å². The van der Waals surface area contributed by atoms with Crippen molar-refractivity contribution >= 4 is 17.7 Å². The molecule has 2 saturated heterocycles. The second-order valence-corrected chi connectivity index (χ2v) is 5.60. The third kappa shape index (κ3) is 4.76. The van der Waals surface area contributed by atoms with Gasteiger partial charge in [-0.25, -0.2) is 0 Å². The Balaban J connectivity index is 1.52. The maximum atomic E-state index is 11.9. The highest BCUT2D eigenvalue weighted by atomic mass is 32.2. The van der Waals surface area contributed by atoms with Crippen LogP contribution in [0.2, 0.25) is 0 Å². The lowest BCUT2D eigenvalue weighted by atomic mass is 10.4. The van der Waals surface area contributed by atoms with Crippen molar-refractivity contribution in [3.63, 3.8) is 0 Å². The van der Waals surface area contributed by atoms with Gasteiger partial charge in [-0.3, -0.25) is 9.69 Å². The van der Waals surface area contributed by atoms with Crippen molar-refractivity contribution in [2.24, 2.45) is 0 Å². The van der Waals surface area contributed by atoms with E-state index in [1.54, 1.807) is 11.8 Å². The predicted molar refractivity (Wildman–Crippen MR) is 72.0 cm³/mol. The van der Waals surface area contributed by atoms with Crippen molar-refractivity contribution in [1.82, 2.24) is 9.80 Å². The van der Waals surface area contributed by atoms with Crippen molar-refractivity contribution in [3.05, 3.63) is 0 Å². The number of nitrogens with zero attached hydrogens (tertiary/aromatic N) is 2. The van der Waals surface area contributed by atoms with Crippen molar-refractivity contribution in [2.75, 3.05) is 70.7 Å². The zero-order valence-corrected chi connectivity index (χ0v) is 11.6. The standard InChI is InChI=1S/C12H22N2O3S/c15-12(14-3-8-17-9-4-14)11-18-10-5-13-1-6-16-7-2-13/h1-11H2. The van der Waals surface area contributed by atoms with E-state index < -0.39 is 0 Å². The van der Waals surface area contributed by atoms with Crippen molar-refractivity contribution in [3.8, 4) is 0 Å². The van der Waals surface area contributed by atoms with E-state index in [-0.39, 0.29) is 5.91 Å². The van der Waals surface area contributed by atoms with Gasteiger partial charge in [-0.2, -0.15) is 11.8 Å². The first kappa shape index (κ1) is 14.1. The second-order valence-electron chi connectivity index (χ2n) is 4.50. The lowest BCUT2D eigenvalue weighted by Gasteiger charge is -2.27. The first-order chi connectivity index (χ1) is 8.86. The van der Waals surface area contributed by atoms with E-state index in [2.05, 4.69) is 4.90 Å². The number of hydrogen-bond donors (Lipinski definition) is 0. The van der Waals surface area contributed by atoms with Crippen LogP contribution in [-0.4, -0.2) is 86.4 Å². The zero-order valence-electron chi connectivity index (χ0n) is 10.8. The summed E-state index contributed by atoms with van der Waals surface area (Å²) in [6, 6.07) is 0. The van der Waals surface area contributed by atoms with Crippen LogP contribution >= 0.6 is 11.8 Å². The molecular weight excluding hydrogens is 252 g/mol. The van der Waals surface area contributed by atoms with E-state index in [1.165, 1.54) is 0 Å². The van der Waals surface area contributed by atoms with Gasteiger partial charge in [-0.05, 0) is 0 Å². The number of amides is 1. The molecule has 1 amide bonds. The summed E-state index contributed by atoms with van der Waals surface area (Å²) in [6.45, 7) is 7.68. The predicted octanol–water partition coefficient (Wildman–Crippen LogP) is -0.0894. The summed E-state index contributed by atoms with van der Waals surface area (Å²) in [6.07, 6.45) is 0. The van der Waals surface area contributed by atoms with Crippen molar-refractivity contribution in [1.29, 1.82) is 0 Å². The van der Waals surface area contributed by atoms with Crippen LogP contribution in [-0.2, 0) is 14.3 Å². The highest BCUT2D eigenvalue weighted by molar-refractivity contribution is 7.99. The van der Waals surface area contributed by atoms with E-state index in [9.17, 15) is 4.79 Å². The van der Waals surface area contributed by atoms with Crippen LogP contribution in [0.25, 0.3) is 0 Å². The van der Waals surface area contributed by atoms with E-state index in [1.807, 2.05) is 4.90 Å². The van der Waals surface area contributed by atoms with E-state index in [4.69, 9.17) is 9.47 Å². The molecule has 6 heteroatoms. The fourth-order valence-corrected chi connectivity index (χ4v) is 2.97. The third-order valence-corrected chi connectivity index (χ3v) is 4.17. The van der Waals surface area contributed by atoms with E-state index in [0.29, 0.717) is 19.0 Å². The smallest absolute Gasteiger partial charge is 0.232 e. The minimum atomic E-state index is 0.255. The number of thioether (sulfide) groups is 1. The first-order valence-electron chi connectivity index (χ1n) is 6.59. The molecule has 2 rings (SSSR count).